The molecule has 5 nitrogen and oxygen atoms in total. The molecule has 0 aliphatic rings. The first kappa shape index (κ1) is 21.2. The van der Waals surface area contributed by atoms with Crippen LogP contribution in [0.1, 0.15) is 13.3 Å². The topological polar surface area (TPSA) is 70.9 Å². The molecule has 5 rings (SSSR count). The highest BCUT2D eigenvalue weighted by Crippen LogP contribution is 2.46. The SMILES string of the molecule is CC(CCO)Nc1nc(-c2ccccc2)nc2sc(-c3ccncc3)c(-c3ccccc3)c12. The van der Waals surface area contributed by atoms with Gasteiger partial charge in [0.15, 0.2) is 5.82 Å². The van der Waals surface area contributed by atoms with Crippen molar-refractivity contribution < 1.29 is 5.11 Å². The number of aromatic nitrogens is 3. The number of fused-ring (bicyclic) bond motifs is 1. The van der Waals surface area contributed by atoms with Gasteiger partial charge in [0.1, 0.15) is 10.6 Å². The molecule has 0 amide bonds. The van der Waals surface area contributed by atoms with E-state index in [0.717, 1.165) is 43.2 Å². The van der Waals surface area contributed by atoms with Crippen molar-refractivity contribution in [2.45, 2.75) is 19.4 Å². The van der Waals surface area contributed by atoms with Gasteiger partial charge in [-0.15, -0.1) is 11.3 Å². The van der Waals surface area contributed by atoms with Gasteiger partial charge in [-0.3, -0.25) is 4.98 Å². The lowest BCUT2D eigenvalue weighted by molar-refractivity contribution is 0.282. The van der Waals surface area contributed by atoms with E-state index in [1.807, 2.05) is 60.9 Å². The number of rotatable bonds is 7. The van der Waals surface area contributed by atoms with Gasteiger partial charge in [0, 0.05) is 41.0 Å². The van der Waals surface area contributed by atoms with Crippen molar-refractivity contribution in [2.24, 2.45) is 0 Å². The molecule has 0 saturated carbocycles. The number of hydrogen-bond acceptors (Lipinski definition) is 6. The van der Waals surface area contributed by atoms with Crippen LogP contribution in [0.2, 0.25) is 0 Å². The number of hydrogen-bond donors (Lipinski definition) is 2. The molecular weight excluding hydrogens is 428 g/mol. The number of nitrogens with zero attached hydrogens (tertiary/aromatic N) is 3. The minimum absolute atomic E-state index is 0.0598. The Kier molecular flexibility index (Phi) is 6.11. The molecule has 0 bridgehead atoms. The van der Waals surface area contributed by atoms with Gasteiger partial charge in [0.05, 0.1) is 5.39 Å². The summed E-state index contributed by atoms with van der Waals surface area (Å²) in [6.07, 6.45) is 4.27. The summed E-state index contributed by atoms with van der Waals surface area (Å²) in [5.41, 5.74) is 4.30. The average Bonchev–Trinajstić information content (AvgIpc) is 3.26. The molecule has 0 saturated heterocycles. The largest absolute Gasteiger partial charge is 0.396 e. The Labute approximate surface area is 196 Å². The van der Waals surface area contributed by atoms with Crippen LogP contribution in [0.25, 0.3) is 43.2 Å². The summed E-state index contributed by atoms with van der Waals surface area (Å²) in [4.78, 5) is 16.2. The zero-order chi connectivity index (χ0) is 22.6. The molecule has 3 heterocycles. The summed E-state index contributed by atoms with van der Waals surface area (Å²) in [6, 6.07) is 24.5. The van der Waals surface area contributed by atoms with Crippen LogP contribution in [-0.4, -0.2) is 32.7 Å². The quantitative estimate of drug-likeness (QED) is 0.304. The van der Waals surface area contributed by atoms with Crippen LogP contribution < -0.4 is 5.32 Å². The minimum Gasteiger partial charge on any atom is -0.396 e. The van der Waals surface area contributed by atoms with E-state index in [4.69, 9.17) is 9.97 Å². The zero-order valence-corrected chi connectivity index (χ0v) is 19.1. The molecule has 1 unspecified atom stereocenters. The van der Waals surface area contributed by atoms with Gasteiger partial charge >= 0.3 is 0 Å². The number of thiophene rings is 1. The first-order chi connectivity index (χ1) is 16.2. The van der Waals surface area contributed by atoms with Crippen LogP contribution in [-0.2, 0) is 0 Å². The van der Waals surface area contributed by atoms with Gasteiger partial charge in [-0.05, 0) is 36.6 Å². The third-order valence-corrected chi connectivity index (χ3v) is 6.67. The van der Waals surface area contributed by atoms with Gasteiger partial charge in [0.25, 0.3) is 0 Å². The first-order valence-corrected chi connectivity index (χ1v) is 11.8. The number of aliphatic hydroxyl groups is 1. The van der Waals surface area contributed by atoms with Crippen molar-refractivity contribution in [3.63, 3.8) is 0 Å². The van der Waals surface area contributed by atoms with E-state index < -0.39 is 0 Å². The number of benzene rings is 2. The molecular formula is C27H24N4OS. The van der Waals surface area contributed by atoms with Crippen molar-refractivity contribution in [1.29, 1.82) is 0 Å². The smallest absolute Gasteiger partial charge is 0.163 e. The molecule has 0 aliphatic heterocycles. The Balaban J connectivity index is 1.81. The Morgan fingerprint density at radius 2 is 1.52 bits per heavy atom. The van der Waals surface area contributed by atoms with E-state index in [9.17, 15) is 5.11 Å². The molecule has 0 radical (unpaired) electrons. The van der Waals surface area contributed by atoms with Crippen LogP contribution >= 0.6 is 11.3 Å². The highest BCUT2D eigenvalue weighted by atomic mass is 32.1. The van der Waals surface area contributed by atoms with E-state index in [2.05, 4.69) is 41.5 Å². The monoisotopic (exact) mass is 452 g/mol. The Morgan fingerprint density at radius 3 is 2.18 bits per heavy atom. The van der Waals surface area contributed by atoms with Gasteiger partial charge < -0.3 is 10.4 Å². The third kappa shape index (κ3) is 4.35. The van der Waals surface area contributed by atoms with E-state index in [0.29, 0.717) is 12.2 Å². The summed E-state index contributed by atoms with van der Waals surface area (Å²) < 4.78 is 0. The van der Waals surface area contributed by atoms with Crippen molar-refractivity contribution in [2.75, 3.05) is 11.9 Å². The number of nitrogens with one attached hydrogen (secondary N) is 1. The Bertz CT molecular complexity index is 1360. The highest BCUT2D eigenvalue weighted by molar-refractivity contribution is 7.22. The Hall–Kier alpha value is -3.61. The summed E-state index contributed by atoms with van der Waals surface area (Å²) in [7, 11) is 0. The maximum Gasteiger partial charge on any atom is 0.163 e. The van der Waals surface area contributed by atoms with Crippen LogP contribution in [0.5, 0.6) is 0 Å². The molecule has 6 heteroatoms. The predicted octanol–water partition coefficient (Wildman–Crippen LogP) is 6.27. The summed E-state index contributed by atoms with van der Waals surface area (Å²) >= 11 is 1.67. The lowest BCUT2D eigenvalue weighted by Crippen LogP contribution is -2.18. The summed E-state index contributed by atoms with van der Waals surface area (Å²) in [5.74, 6) is 1.47. The van der Waals surface area contributed by atoms with Gasteiger partial charge in [-0.25, -0.2) is 9.97 Å². The molecule has 164 valence electrons. The second-order valence-corrected chi connectivity index (χ2v) is 8.91. The normalized spacial score (nSPS) is 12.1. The van der Waals surface area contributed by atoms with Gasteiger partial charge in [0.2, 0.25) is 0 Å². The lowest BCUT2D eigenvalue weighted by Gasteiger charge is -2.16. The molecule has 1 atom stereocenters. The molecule has 5 aromatic rings. The van der Waals surface area contributed by atoms with Crippen molar-refractivity contribution in [3.8, 4) is 33.0 Å². The van der Waals surface area contributed by atoms with Crippen molar-refractivity contribution in [1.82, 2.24) is 15.0 Å². The first-order valence-electron chi connectivity index (χ1n) is 11.0. The van der Waals surface area contributed by atoms with Crippen molar-refractivity contribution in [3.05, 3.63) is 85.2 Å². The summed E-state index contributed by atoms with van der Waals surface area (Å²) in [6.45, 7) is 2.18. The van der Waals surface area contributed by atoms with Crippen molar-refractivity contribution >= 4 is 27.4 Å². The van der Waals surface area contributed by atoms with Crippen LogP contribution in [0, 0.1) is 0 Å². The summed E-state index contributed by atoms with van der Waals surface area (Å²) in [5, 5.41) is 14.0. The Morgan fingerprint density at radius 1 is 0.848 bits per heavy atom. The maximum absolute atomic E-state index is 9.47. The molecule has 33 heavy (non-hydrogen) atoms. The maximum atomic E-state index is 9.47. The fraction of sp³-hybridized carbons (Fsp3) is 0.148. The third-order valence-electron chi connectivity index (χ3n) is 5.53. The van der Waals surface area contributed by atoms with E-state index >= 15 is 0 Å². The second-order valence-electron chi connectivity index (χ2n) is 7.91. The molecule has 0 spiro atoms. The second kappa shape index (κ2) is 9.48. The van der Waals surface area contributed by atoms with Gasteiger partial charge in [-0.1, -0.05) is 60.7 Å². The van der Waals surface area contributed by atoms with Gasteiger partial charge in [-0.2, -0.15) is 0 Å². The van der Waals surface area contributed by atoms with Crippen LogP contribution in [0.4, 0.5) is 5.82 Å². The zero-order valence-electron chi connectivity index (χ0n) is 18.3. The van der Waals surface area contributed by atoms with E-state index in [1.165, 1.54) is 0 Å². The fourth-order valence-electron chi connectivity index (χ4n) is 3.91. The van der Waals surface area contributed by atoms with E-state index in [-0.39, 0.29) is 12.6 Å². The minimum atomic E-state index is 0.0598. The lowest BCUT2D eigenvalue weighted by atomic mass is 10.00. The fourth-order valence-corrected chi connectivity index (χ4v) is 5.11. The highest BCUT2D eigenvalue weighted by Gasteiger charge is 2.22. The number of pyridine rings is 1. The number of aliphatic hydroxyl groups excluding tert-OH is 1. The molecule has 0 aliphatic carbocycles. The average molecular weight is 453 g/mol. The van der Waals surface area contributed by atoms with Crippen LogP contribution in [0.3, 0.4) is 0 Å². The standard InChI is InChI=1S/C27H24N4OS/c1-18(14-17-32)29-26-23-22(19-8-4-2-5-9-19)24(20-12-15-28-16-13-20)33-27(23)31-25(30-26)21-10-6-3-7-11-21/h2-13,15-16,18,32H,14,17H2,1H3,(H,29,30,31). The molecule has 3 aromatic heterocycles. The molecule has 2 aromatic carbocycles. The molecule has 0 fully saturated rings. The number of anilines is 1. The predicted molar refractivity (Wildman–Crippen MR) is 136 cm³/mol. The molecule has 2 N–H and O–H groups in total. The van der Waals surface area contributed by atoms with Crippen LogP contribution in [0.15, 0.2) is 85.2 Å². The van der Waals surface area contributed by atoms with E-state index in [1.54, 1.807) is 11.3 Å².